The second-order valence-electron chi connectivity index (χ2n) is 6.37. The van der Waals surface area contributed by atoms with Crippen LogP contribution in [-0.2, 0) is 5.41 Å². The van der Waals surface area contributed by atoms with E-state index in [-0.39, 0.29) is 10.8 Å². The van der Waals surface area contributed by atoms with E-state index in [0.29, 0.717) is 6.54 Å². The number of nitrogens with two attached hydrogens (primary N) is 1. The second kappa shape index (κ2) is 6.18. The fourth-order valence-corrected chi connectivity index (χ4v) is 2.20. The van der Waals surface area contributed by atoms with Crippen molar-refractivity contribution in [2.24, 2.45) is 11.1 Å². The molecular weight excluding hydrogens is 288 g/mol. The Bertz CT molecular complexity index is 386. The molecule has 0 amide bonds. The van der Waals surface area contributed by atoms with Crippen LogP contribution in [0.1, 0.15) is 33.3 Å². The van der Waals surface area contributed by atoms with Gasteiger partial charge >= 0.3 is 0 Å². The average molecular weight is 313 g/mol. The van der Waals surface area contributed by atoms with Crippen LogP contribution >= 0.6 is 15.9 Å². The summed E-state index contributed by atoms with van der Waals surface area (Å²) in [5.41, 5.74) is 7.36. The molecule has 0 saturated carbocycles. The molecule has 0 aliphatic rings. The molecule has 18 heavy (non-hydrogen) atoms. The normalized spacial score (nSPS) is 12.8. The van der Waals surface area contributed by atoms with Crippen LogP contribution in [0.3, 0.4) is 0 Å². The van der Waals surface area contributed by atoms with E-state index in [9.17, 15) is 0 Å². The first kappa shape index (κ1) is 15.7. The highest BCUT2D eigenvalue weighted by Crippen LogP contribution is 2.25. The van der Waals surface area contributed by atoms with E-state index in [0.717, 1.165) is 17.6 Å². The molecule has 0 fully saturated rings. The molecule has 3 heteroatoms. The minimum atomic E-state index is 0.120. The zero-order chi connectivity index (χ0) is 13.8. The Balaban J connectivity index is 2.60. The Hall–Kier alpha value is -0.380. The maximum Gasteiger partial charge on any atom is 0.0178 e. The van der Waals surface area contributed by atoms with Crippen LogP contribution in [0.4, 0.5) is 0 Å². The summed E-state index contributed by atoms with van der Waals surface area (Å²) in [6.45, 7) is 11.5. The van der Waals surface area contributed by atoms with Crippen molar-refractivity contribution in [1.29, 1.82) is 0 Å². The molecule has 1 aromatic rings. The lowest BCUT2D eigenvalue weighted by molar-refractivity contribution is 0.332. The van der Waals surface area contributed by atoms with E-state index in [1.165, 1.54) is 5.56 Å². The van der Waals surface area contributed by atoms with Gasteiger partial charge in [0.25, 0.3) is 0 Å². The highest BCUT2D eigenvalue weighted by atomic mass is 79.9. The van der Waals surface area contributed by atoms with Gasteiger partial charge in [0, 0.05) is 23.0 Å². The van der Waals surface area contributed by atoms with Gasteiger partial charge in [-0.2, -0.15) is 0 Å². The summed E-state index contributed by atoms with van der Waals surface area (Å²) in [5.74, 6) is 0. The number of hydrogen-bond acceptors (Lipinski definition) is 2. The number of nitrogens with one attached hydrogen (secondary N) is 1. The van der Waals surface area contributed by atoms with Crippen molar-refractivity contribution >= 4 is 15.9 Å². The van der Waals surface area contributed by atoms with Gasteiger partial charge in [-0.3, -0.25) is 0 Å². The van der Waals surface area contributed by atoms with Crippen LogP contribution in [-0.4, -0.2) is 19.6 Å². The predicted molar refractivity (Wildman–Crippen MR) is 82.9 cm³/mol. The summed E-state index contributed by atoms with van der Waals surface area (Å²) in [5, 5.41) is 3.54. The number of benzene rings is 1. The van der Waals surface area contributed by atoms with Gasteiger partial charge in [0.2, 0.25) is 0 Å². The zero-order valence-corrected chi connectivity index (χ0v) is 13.5. The van der Waals surface area contributed by atoms with Gasteiger partial charge in [-0.15, -0.1) is 0 Å². The van der Waals surface area contributed by atoms with E-state index in [1.807, 2.05) is 0 Å². The second-order valence-corrected chi connectivity index (χ2v) is 7.28. The molecule has 0 aliphatic carbocycles. The van der Waals surface area contributed by atoms with Crippen LogP contribution in [0.2, 0.25) is 0 Å². The van der Waals surface area contributed by atoms with Gasteiger partial charge in [0.05, 0.1) is 0 Å². The standard InChI is InChI=1S/C15H25BrN2/c1-14(2,9-17)10-18-11-15(3,4)12-6-5-7-13(16)8-12/h5-8,18H,9-11,17H2,1-4H3. The first-order chi connectivity index (χ1) is 8.27. The van der Waals surface area contributed by atoms with Crippen molar-refractivity contribution in [2.75, 3.05) is 19.6 Å². The number of rotatable bonds is 6. The fourth-order valence-electron chi connectivity index (χ4n) is 1.80. The minimum absolute atomic E-state index is 0.120. The largest absolute Gasteiger partial charge is 0.330 e. The molecule has 0 spiro atoms. The molecule has 2 nitrogen and oxygen atoms in total. The zero-order valence-electron chi connectivity index (χ0n) is 11.9. The lowest BCUT2D eigenvalue weighted by Gasteiger charge is -2.29. The molecule has 0 bridgehead atoms. The van der Waals surface area contributed by atoms with Crippen molar-refractivity contribution in [3.05, 3.63) is 34.3 Å². The Morgan fingerprint density at radius 2 is 1.83 bits per heavy atom. The molecule has 0 saturated heterocycles. The average Bonchev–Trinajstić information content (AvgIpc) is 2.28. The summed E-state index contributed by atoms with van der Waals surface area (Å²) in [6, 6.07) is 8.52. The Kier molecular flexibility index (Phi) is 5.38. The molecular formula is C15H25BrN2. The van der Waals surface area contributed by atoms with Gasteiger partial charge in [0.1, 0.15) is 0 Å². The third-order valence-electron chi connectivity index (χ3n) is 3.33. The van der Waals surface area contributed by atoms with Gasteiger partial charge in [-0.25, -0.2) is 0 Å². The molecule has 0 aliphatic heterocycles. The van der Waals surface area contributed by atoms with E-state index in [2.05, 4.69) is 73.2 Å². The smallest absolute Gasteiger partial charge is 0.0178 e. The molecule has 0 unspecified atom stereocenters. The summed E-state index contributed by atoms with van der Waals surface area (Å²) >= 11 is 3.53. The number of hydrogen-bond donors (Lipinski definition) is 2. The van der Waals surface area contributed by atoms with Gasteiger partial charge in [-0.05, 0) is 29.7 Å². The minimum Gasteiger partial charge on any atom is -0.330 e. The van der Waals surface area contributed by atoms with Crippen LogP contribution < -0.4 is 11.1 Å². The van der Waals surface area contributed by atoms with Crippen molar-refractivity contribution < 1.29 is 0 Å². The summed E-state index contributed by atoms with van der Waals surface area (Å²) in [4.78, 5) is 0. The van der Waals surface area contributed by atoms with E-state index in [4.69, 9.17) is 5.73 Å². The molecule has 0 aromatic heterocycles. The Morgan fingerprint density at radius 3 is 2.39 bits per heavy atom. The highest BCUT2D eigenvalue weighted by Gasteiger charge is 2.22. The van der Waals surface area contributed by atoms with Crippen LogP contribution in [0.25, 0.3) is 0 Å². The molecule has 0 radical (unpaired) electrons. The Labute approximate surface area is 119 Å². The first-order valence-corrected chi connectivity index (χ1v) is 7.23. The molecule has 0 heterocycles. The van der Waals surface area contributed by atoms with E-state index >= 15 is 0 Å². The summed E-state index contributed by atoms with van der Waals surface area (Å²) in [7, 11) is 0. The SMILES string of the molecule is CC(C)(CN)CNCC(C)(C)c1cccc(Br)c1. The maximum absolute atomic E-state index is 5.74. The predicted octanol–water partition coefficient (Wildman–Crippen LogP) is 3.30. The fraction of sp³-hybridized carbons (Fsp3) is 0.600. The summed E-state index contributed by atoms with van der Waals surface area (Å²) < 4.78 is 1.13. The maximum atomic E-state index is 5.74. The molecule has 3 N–H and O–H groups in total. The lowest BCUT2D eigenvalue weighted by Crippen LogP contribution is -2.40. The third kappa shape index (κ3) is 4.71. The quantitative estimate of drug-likeness (QED) is 0.846. The van der Waals surface area contributed by atoms with Gasteiger partial charge in [0.15, 0.2) is 0 Å². The molecule has 0 atom stereocenters. The Morgan fingerprint density at radius 1 is 1.17 bits per heavy atom. The first-order valence-electron chi connectivity index (χ1n) is 6.44. The molecule has 1 rings (SSSR count). The van der Waals surface area contributed by atoms with Crippen molar-refractivity contribution in [3.63, 3.8) is 0 Å². The van der Waals surface area contributed by atoms with Gasteiger partial charge < -0.3 is 11.1 Å². The topological polar surface area (TPSA) is 38.0 Å². The van der Waals surface area contributed by atoms with Crippen molar-refractivity contribution in [1.82, 2.24) is 5.32 Å². The molecule has 1 aromatic carbocycles. The van der Waals surface area contributed by atoms with E-state index < -0.39 is 0 Å². The van der Waals surface area contributed by atoms with Crippen LogP contribution in [0, 0.1) is 5.41 Å². The third-order valence-corrected chi connectivity index (χ3v) is 3.82. The number of halogens is 1. The highest BCUT2D eigenvalue weighted by molar-refractivity contribution is 9.10. The summed E-state index contributed by atoms with van der Waals surface area (Å²) in [6.07, 6.45) is 0. The molecule has 102 valence electrons. The van der Waals surface area contributed by atoms with Crippen molar-refractivity contribution in [2.45, 2.75) is 33.1 Å². The van der Waals surface area contributed by atoms with Crippen molar-refractivity contribution in [3.8, 4) is 0 Å². The lowest BCUT2D eigenvalue weighted by atomic mass is 9.84. The van der Waals surface area contributed by atoms with Gasteiger partial charge in [-0.1, -0.05) is 55.8 Å². The monoisotopic (exact) mass is 312 g/mol. The van der Waals surface area contributed by atoms with Crippen LogP contribution in [0.15, 0.2) is 28.7 Å². The van der Waals surface area contributed by atoms with Crippen LogP contribution in [0.5, 0.6) is 0 Å². The van der Waals surface area contributed by atoms with E-state index in [1.54, 1.807) is 0 Å².